The highest BCUT2D eigenvalue weighted by Gasteiger charge is 2.30. The Morgan fingerprint density at radius 2 is 2.18 bits per heavy atom. The first-order chi connectivity index (χ1) is 8.15. The third kappa shape index (κ3) is 2.99. The fourth-order valence-electron chi connectivity index (χ4n) is 2.09. The number of nitrogens with two attached hydrogens (primary N) is 1. The van der Waals surface area contributed by atoms with Gasteiger partial charge >= 0.3 is 0 Å². The summed E-state index contributed by atoms with van der Waals surface area (Å²) in [7, 11) is 0. The molecule has 1 saturated carbocycles. The quantitative estimate of drug-likeness (QED) is 0.847. The van der Waals surface area contributed by atoms with Gasteiger partial charge in [-0.05, 0) is 25.7 Å². The predicted molar refractivity (Wildman–Crippen MR) is 74.7 cm³/mol. The lowest BCUT2D eigenvalue weighted by molar-refractivity contribution is 0.617. The van der Waals surface area contributed by atoms with E-state index in [1.807, 2.05) is 0 Å². The minimum atomic E-state index is 0.642. The van der Waals surface area contributed by atoms with Gasteiger partial charge in [0, 0.05) is 30.4 Å². The van der Waals surface area contributed by atoms with Crippen LogP contribution in [0.15, 0.2) is 0 Å². The van der Waals surface area contributed by atoms with E-state index in [1.54, 1.807) is 11.3 Å². The second-order valence-corrected chi connectivity index (χ2v) is 6.28. The van der Waals surface area contributed by atoms with Crippen LogP contribution in [-0.2, 0) is 6.54 Å². The molecule has 0 aromatic carbocycles. The zero-order valence-electron chi connectivity index (χ0n) is 11.1. The number of nitrogens with zero attached hydrogens (tertiary/aromatic N) is 2. The van der Waals surface area contributed by atoms with Crippen molar-refractivity contribution in [1.82, 2.24) is 4.98 Å². The lowest BCUT2D eigenvalue weighted by Crippen LogP contribution is -2.27. The van der Waals surface area contributed by atoms with Crippen molar-refractivity contribution in [3.05, 3.63) is 10.6 Å². The van der Waals surface area contributed by atoms with Crippen molar-refractivity contribution in [3.8, 4) is 0 Å². The lowest BCUT2D eigenvalue weighted by Gasteiger charge is -2.21. The monoisotopic (exact) mass is 253 g/mol. The first-order valence-corrected chi connectivity index (χ1v) is 7.42. The predicted octanol–water partition coefficient (Wildman–Crippen LogP) is 2.96. The summed E-state index contributed by atoms with van der Waals surface area (Å²) in [6.07, 6.45) is 2.60. The summed E-state index contributed by atoms with van der Waals surface area (Å²) in [6, 6.07) is 0. The van der Waals surface area contributed by atoms with Crippen molar-refractivity contribution in [3.63, 3.8) is 0 Å². The van der Waals surface area contributed by atoms with E-state index in [2.05, 4.69) is 25.7 Å². The van der Waals surface area contributed by atoms with Crippen LogP contribution < -0.4 is 10.6 Å². The fourth-order valence-corrected chi connectivity index (χ4v) is 3.19. The van der Waals surface area contributed by atoms with Gasteiger partial charge in [-0.25, -0.2) is 4.98 Å². The molecule has 17 heavy (non-hydrogen) atoms. The molecule has 0 bridgehead atoms. The molecule has 1 fully saturated rings. The number of thiazole rings is 1. The molecule has 3 nitrogen and oxygen atoms in total. The third-order valence-electron chi connectivity index (χ3n) is 3.10. The molecule has 0 atom stereocenters. The minimum absolute atomic E-state index is 0.642. The summed E-state index contributed by atoms with van der Waals surface area (Å²) in [5.41, 5.74) is 7.11. The van der Waals surface area contributed by atoms with Crippen molar-refractivity contribution in [2.45, 2.75) is 46.1 Å². The number of anilines is 1. The summed E-state index contributed by atoms with van der Waals surface area (Å²) in [4.78, 5) is 8.50. The van der Waals surface area contributed by atoms with Crippen molar-refractivity contribution in [2.24, 2.45) is 11.7 Å². The highest BCUT2D eigenvalue weighted by atomic mass is 32.1. The molecule has 0 spiro atoms. The Labute approximate surface area is 108 Å². The van der Waals surface area contributed by atoms with E-state index in [9.17, 15) is 0 Å². The average Bonchev–Trinajstić information content (AvgIpc) is 3.05. The second-order valence-electron chi connectivity index (χ2n) is 5.22. The van der Waals surface area contributed by atoms with Gasteiger partial charge in [0.2, 0.25) is 0 Å². The van der Waals surface area contributed by atoms with Crippen LogP contribution >= 0.6 is 11.3 Å². The van der Waals surface area contributed by atoms with Gasteiger partial charge in [0.15, 0.2) is 5.13 Å². The standard InChI is InChI=1S/C13H23N3S/c1-4-16(8-9(2)3)13-15-12(10-5-6-10)11(7-14)17-13/h9-10H,4-8,14H2,1-3H3. The van der Waals surface area contributed by atoms with E-state index >= 15 is 0 Å². The minimum Gasteiger partial charge on any atom is -0.348 e. The highest BCUT2D eigenvalue weighted by molar-refractivity contribution is 7.15. The number of aromatic nitrogens is 1. The maximum Gasteiger partial charge on any atom is 0.185 e. The molecule has 0 amide bonds. The van der Waals surface area contributed by atoms with E-state index in [0.29, 0.717) is 18.4 Å². The summed E-state index contributed by atoms with van der Waals surface area (Å²) >= 11 is 1.79. The zero-order chi connectivity index (χ0) is 12.4. The largest absolute Gasteiger partial charge is 0.348 e. The van der Waals surface area contributed by atoms with Gasteiger partial charge in [-0.3, -0.25) is 0 Å². The Morgan fingerprint density at radius 3 is 2.65 bits per heavy atom. The molecular formula is C13H23N3S. The van der Waals surface area contributed by atoms with Gasteiger partial charge in [-0.15, -0.1) is 11.3 Å². The molecule has 2 rings (SSSR count). The summed E-state index contributed by atoms with van der Waals surface area (Å²) in [6.45, 7) is 9.45. The first-order valence-electron chi connectivity index (χ1n) is 6.60. The summed E-state index contributed by atoms with van der Waals surface area (Å²) in [5.74, 6) is 1.38. The number of hydrogen-bond donors (Lipinski definition) is 1. The summed E-state index contributed by atoms with van der Waals surface area (Å²) in [5, 5.41) is 1.17. The van der Waals surface area contributed by atoms with Crippen LogP contribution in [0, 0.1) is 5.92 Å². The van der Waals surface area contributed by atoms with Crippen LogP contribution in [0.1, 0.15) is 50.1 Å². The maximum absolute atomic E-state index is 5.82. The molecule has 1 aliphatic rings. The molecule has 0 radical (unpaired) electrons. The Kier molecular flexibility index (Phi) is 4.05. The Hall–Kier alpha value is -0.610. The van der Waals surface area contributed by atoms with Crippen LogP contribution in [0.5, 0.6) is 0 Å². The van der Waals surface area contributed by atoms with Crippen molar-refractivity contribution in [2.75, 3.05) is 18.0 Å². The smallest absolute Gasteiger partial charge is 0.185 e. The van der Waals surface area contributed by atoms with E-state index in [-0.39, 0.29) is 0 Å². The van der Waals surface area contributed by atoms with Crippen LogP contribution in [0.3, 0.4) is 0 Å². The van der Waals surface area contributed by atoms with Gasteiger partial charge in [-0.2, -0.15) is 0 Å². The number of rotatable bonds is 6. The third-order valence-corrected chi connectivity index (χ3v) is 4.26. The van der Waals surface area contributed by atoms with Crippen molar-refractivity contribution in [1.29, 1.82) is 0 Å². The molecule has 96 valence electrons. The van der Waals surface area contributed by atoms with Crippen molar-refractivity contribution < 1.29 is 0 Å². The number of hydrogen-bond acceptors (Lipinski definition) is 4. The Balaban J connectivity index is 2.18. The molecule has 0 unspecified atom stereocenters. The normalized spacial score (nSPS) is 15.6. The Bertz CT molecular complexity index is 369. The Morgan fingerprint density at radius 1 is 1.47 bits per heavy atom. The molecule has 1 aromatic rings. The molecule has 1 aliphatic carbocycles. The highest BCUT2D eigenvalue weighted by Crippen LogP contribution is 2.44. The topological polar surface area (TPSA) is 42.2 Å². The first kappa shape index (κ1) is 12.8. The van der Waals surface area contributed by atoms with E-state index < -0.39 is 0 Å². The van der Waals surface area contributed by atoms with Gasteiger partial charge < -0.3 is 10.6 Å². The van der Waals surface area contributed by atoms with Crippen LogP contribution in [0.4, 0.5) is 5.13 Å². The molecule has 1 aromatic heterocycles. The van der Waals surface area contributed by atoms with E-state index in [1.165, 1.54) is 28.5 Å². The van der Waals surface area contributed by atoms with Gasteiger partial charge in [0.1, 0.15) is 0 Å². The molecule has 0 aliphatic heterocycles. The molecule has 1 heterocycles. The lowest BCUT2D eigenvalue weighted by atomic mass is 10.2. The van der Waals surface area contributed by atoms with Crippen LogP contribution in [-0.4, -0.2) is 18.1 Å². The van der Waals surface area contributed by atoms with Crippen LogP contribution in [0.2, 0.25) is 0 Å². The molecule has 0 saturated heterocycles. The second kappa shape index (κ2) is 5.36. The average molecular weight is 253 g/mol. The van der Waals surface area contributed by atoms with E-state index in [0.717, 1.165) is 13.1 Å². The van der Waals surface area contributed by atoms with E-state index in [4.69, 9.17) is 10.7 Å². The molecule has 4 heteroatoms. The van der Waals surface area contributed by atoms with Gasteiger partial charge in [0.25, 0.3) is 0 Å². The zero-order valence-corrected chi connectivity index (χ0v) is 11.9. The molecule has 2 N–H and O–H groups in total. The fraction of sp³-hybridized carbons (Fsp3) is 0.769. The van der Waals surface area contributed by atoms with Crippen LogP contribution in [0.25, 0.3) is 0 Å². The molecular weight excluding hydrogens is 230 g/mol. The van der Waals surface area contributed by atoms with Gasteiger partial charge in [-0.1, -0.05) is 13.8 Å². The van der Waals surface area contributed by atoms with Crippen molar-refractivity contribution >= 4 is 16.5 Å². The summed E-state index contributed by atoms with van der Waals surface area (Å²) < 4.78 is 0. The van der Waals surface area contributed by atoms with Gasteiger partial charge in [0.05, 0.1) is 5.69 Å². The SMILES string of the molecule is CCN(CC(C)C)c1nc(C2CC2)c(CN)s1. The maximum atomic E-state index is 5.82.